The standard InChI is InChI=1S/C27H15F3N2O4/c28-27(29,30)18-6-3-5-16(10-18)24-11-20(36-32-24)14-34-19-8-9-22-25(12-19)35-15-23(26(22)33)21-7-2-1-4-17(21)13-31/h1-12,15H,14H2. The molecule has 0 aliphatic heterocycles. The zero-order chi connectivity index (χ0) is 25.3. The van der Waals surface area contributed by atoms with E-state index in [0.717, 1.165) is 12.1 Å². The SMILES string of the molecule is N#Cc1ccccc1-c1coc2cc(OCc3cc(-c4cccc(C(F)(F)F)c4)no3)ccc2c1=O. The quantitative estimate of drug-likeness (QED) is 0.277. The van der Waals surface area contributed by atoms with Crippen molar-refractivity contribution in [3.05, 3.63) is 106 Å². The molecule has 0 N–H and O–H groups in total. The molecule has 178 valence electrons. The first-order valence-corrected chi connectivity index (χ1v) is 10.6. The van der Waals surface area contributed by atoms with Crippen LogP contribution < -0.4 is 10.2 Å². The van der Waals surface area contributed by atoms with Crippen LogP contribution in [-0.4, -0.2) is 5.16 Å². The largest absolute Gasteiger partial charge is 0.485 e. The van der Waals surface area contributed by atoms with Gasteiger partial charge in [0.05, 0.1) is 28.1 Å². The van der Waals surface area contributed by atoms with Crippen LogP contribution >= 0.6 is 0 Å². The fraction of sp³-hybridized carbons (Fsp3) is 0.0741. The molecule has 0 aliphatic rings. The Balaban J connectivity index is 1.35. The van der Waals surface area contributed by atoms with Gasteiger partial charge in [-0.25, -0.2) is 0 Å². The van der Waals surface area contributed by atoms with Gasteiger partial charge in [0, 0.05) is 23.3 Å². The maximum Gasteiger partial charge on any atom is 0.416 e. The first-order valence-electron chi connectivity index (χ1n) is 10.6. The monoisotopic (exact) mass is 488 g/mol. The lowest BCUT2D eigenvalue weighted by Crippen LogP contribution is -2.06. The minimum Gasteiger partial charge on any atom is -0.485 e. The molecule has 0 atom stereocenters. The van der Waals surface area contributed by atoms with Crippen molar-refractivity contribution in [1.29, 1.82) is 5.26 Å². The van der Waals surface area contributed by atoms with Crippen molar-refractivity contribution >= 4 is 11.0 Å². The number of nitrogens with zero attached hydrogens (tertiary/aromatic N) is 2. The van der Waals surface area contributed by atoms with Crippen LogP contribution in [-0.2, 0) is 12.8 Å². The highest BCUT2D eigenvalue weighted by molar-refractivity contribution is 5.83. The molecule has 2 heterocycles. The van der Waals surface area contributed by atoms with E-state index < -0.39 is 11.7 Å². The predicted molar refractivity (Wildman–Crippen MR) is 124 cm³/mol. The van der Waals surface area contributed by atoms with Gasteiger partial charge in [-0.05, 0) is 30.3 Å². The summed E-state index contributed by atoms with van der Waals surface area (Å²) in [5, 5.41) is 13.5. The average Bonchev–Trinajstić information content (AvgIpc) is 3.36. The Hall–Kier alpha value is -4.84. The third kappa shape index (κ3) is 4.44. The summed E-state index contributed by atoms with van der Waals surface area (Å²) in [6.07, 6.45) is -3.15. The van der Waals surface area contributed by atoms with Gasteiger partial charge >= 0.3 is 6.18 Å². The molecule has 5 aromatic rings. The summed E-state index contributed by atoms with van der Waals surface area (Å²) in [7, 11) is 0. The molecule has 0 spiro atoms. The van der Waals surface area contributed by atoms with Crippen LogP contribution in [0, 0.1) is 11.3 Å². The molecule has 3 aromatic carbocycles. The van der Waals surface area contributed by atoms with Gasteiger partial charge in [0.1, 0.15) is 29.9 Å². The summed E-state index contributed by atoms with van der Waals surface area (Å²) in [5.41, 5.74) is 0.855. The van der Waals surface area contributed by atoms with Crippen molar-refractivity contribution in [2.24, 2.45) is 0 Å². The van der Waals surface area contributed by atoms with E-state index in [1.807, 2.05) is 0 Å². The summed E-state index contributed by atoms with van der Waals surface area (Å²) >= 11 is 0. The van der Waals surface area contributed by atoms with Gasteiger partial charge in [0.25, 0.3) is 0 Å². The van der Waals surface area contributed by atoms with Gasteiger partial charge in [0.2, 0.25) is 5.43 Å². The van der Waals surface area contributed by atoms with Crippen molar-refractivity contribution in [1.82, 2.24) is 5.16 Å². The van der Waals surface area contributed by atoms with E-state index in [0.29, 0.717) is 28.0 Å². The lowest BCUT2D eigenvalue weighted by Gasteiger charge is -2.07. The second kappa shape index (κ2) is 9.07. The van der Waals surface area contributed by atoms with E-state index in [2.05, 4.69) is 11.2 Å². The molecule has 0 fully saturated rings. The number of aromatic nitrogens is 1. The highest BCUT2D eigenvalue weighted by Gasteiger charge is 2.30. The molecular formula is C27H15F3N2O4. The van der Waals surface area contributed by atoms with E-state index in [9.17, 15) is 23.2 Å². The Kier molecular flexibility index (Phi) is 5.78. The topological polar surface area (TPSA) is 89.3 Å². The van der Waals surface area contributed by atoms with Crippen LogP contribution in [0.2, 0.25) is 0 Å². The van der Waals surface area contributed by atoms with Gasteiger partial charge < -0.3 is 13.7 Å². The summed E-state index contributed by atoms with van der Waals surface area (Å²) < 4.78 is 55.5. The smallest absolute Gasteiger partial charge is 0.416 e. The summed E-state index contributed by atoms with van der Waals surface area (Å²) in [6.45, 7) is -0.0463. The van der Waals surface area contributed by atoms with Crippen molar-refractivity contribution in [2.75, 3.05) is 0 Å². The van der Waals surface area contributed by atoms with Crippen LogP contribution in [0.5, 0.6) is 5.75 Å². The average molecular weight is 488 g/mol. The predicted octanol–water partition coefficient (Wildman–Crippen LogP) is 6.58. The Morgan fingerprint density at radius 2 is 1.81 bits per heavy atom. The molecule has 0 saturated heterocycles. The molecule has 0 saturated carbocycles. The van der Waals surface area contributed by atoms with Gasteiger partial charge in [-0.15, -0.1) is 0 Å². The van der Waals surface area contributed by atoms with Crippen LogP contribution in [0.3, 0.4) is 0 Å². The third-order valence-electron chi connectivity index (χ3n) is 5.51. The minimum atomic E-state index is -4.46. The van der Waals surface area contributed by atoms with Gasteiger partial charge in [-0.2, -0.15) is 18.4 Å². The molecule has 0 bridgehead atoms. The second-order valence-corrected chi connectivity index (χ2v) is 7.84. The number of fused-ring (bicyclic) bond motifs is 1. The Labute approximate surface area is 201 Å². The molecular weight excluding hydrogens is 473 g/mol. The van der Waals surface area contributed by atoms with Gasteiger partial charge in [-0.3, -0.25) is 4.79 Å². The van der Waals surface area contributed by atoms with Crippen LogP contribution in [0.15, 0.2) is 92.8 Å². The Morgan fingerprint density at radius 1 is 0.972 bits per heavy atom. The van der Waals surface area contributed by atoms with E-state index in [-0.39, 0.29) is 34.4 Å². The van der Waals surface area contributed by atoms with Crippen molar-refractivity contribution in [3.63, 3.8) is 0 Å². The Bertz CT molecular complexity index is 1680. The normalized spacial score (nSPS) is 11.4. The number of ether oxygens (including phenoxy) is 1. The van der Waals surface area contributed by atoms with Crippen LogP contribution in [0.4, 0.5) is 13.2 Å². The van der Waals surface area contributed by atoms with Crippen LogP contribution in [0.1, 0.15) is 16.9 Å². The number of hydrogen-bond acceptors (Lipinski definition) is 6. The fourth-order valence-electron chi connectivity index (χ4n) is 3.73. The van der Waals surface area contributed by atoms with E-state index in [1.165, 1.54) is 24.5 Å². The number of hydrogen-bond donors (Lipinski definition) is 0. The molecule has 6 nitrogen and oxygen atoms in total. The molecule has 5 rings (SSSR count). The molecule has 0 amide bonds. The van der Waals surface area contributed by atoms with Crippen LogP contribution in [0.25, 0.3) is 33.4 Å². The maximum absolute atomic E-state index is 13.0. The lowest BCUT2D eigenvalue weighted by atomic mass is 10.0. The van der Waals surface area contributed by atoms with Crippen molar-refractivity contribution < 1.29 is 26.8 Å². The molecule has 36 heavy (non-hydrogen) atoms. The molecule has 0 radical (unpaired) electrons. The molecule has 9 heteroatoms. The maximum atomic E-state index is 13.0. The number of nitriles is 1. The summed E-state index contributed by atoms with van der Waals surface area (Å²) in [4.78, 5) is 13.0. The molecule has 2 aromatic heterocycles. The highest BCUT2D eigenvalue weighted by atomic mass is 19.4. The third-order valence-corrected chi connectivity index (χ3v) is 5.51. The summed E-state index contributed by atoms with van der Waals surface area (Å²) in [5.74, 6) is 0.681. The highest BCUT2D eigenvalue weighted by Crippen LogP contribution is 2.32. The Morgan fingerprint density at radius 3 is 2.61 bits per heavy atom. The first kappa shape index (κ1) is 22.9. The van der Waals surface area contributed by atoms with E-state index >= 15 is 0 Å². The van der Waals surface area contributed by atoms with E-state index in [1.54, 1.807) is 42.5 Å². The number of benzene rings is 3. The summed E-state index contributed by atoms with van der Waals surface area (Å²) in [6, 6.07) is 19.8. The zero-order valence-corrected chi connectivity index (χ0v) is 18.4. The lowest BCUT2D eigenvalue weighted by molar-refractivity contribution is -0.137. The van der Waals surface area contributed by atoms with Crippen molar-refractivity contribution in [3.8, 4) is 34.2 Å². The fourth-order valence-corrected chi connectivity index (χ4v) is 3.73. The van der Waals surface area contributed by atoms with Gasteiger partial charge in [-0.1, -0.05) is 35.5 Å². The zero-order valence-electron chi connectivity index (χ0n) is 18.4. The van der Waals surface area contributed by atoms with Gasteiger partial charge in [0.15, 0.2) is 5.76 Å². The van der Waals surface area contributed by atoms with E-state index in [4.69, 9.17) is 13.7 Å². The minimum absolute atomic E-state index is 0.0463. The van der Waals surface area contributed by atoms with Crippen molar-refractivity contribution in [2.45, 2.75) is 12.8 Å². The number of halogens is 3. The first-order chi connectivity index (χ1) is 17.3. The number of rotatable bonds is 5. The molecule has 0 aliphatic carbocycles. The second-order valence-electron chi connectivity index (χ2n) is 7.84. The number of alkyl halides is 3. The molecule has 0 unspecified atom stereocenters.